The molecule has 0 aromatic heterocycles. The van der Waals surface area contributed by atoms with E-state index in [2.05, 4.69) is 17.2 Å². The number of nitrogens with one attached hydrogen (secondary N) is 1. The van der Waals surface area contributed by atoms with Crippen LogP contribution in [0.1, 0.15) is 37.7 Å². The average molecular weight is 227 g/mol. The number of carbonyl (C=O) groups excluding carboxylic acids is 1. The molecule has 1 aromatic rings. The SMILES string of the molecule is O=C(C#Cc1ccccc1)NC1CCCCC1. The van der Waals surface area contributed by atoms with Gasteiger partial charge in [0.25, 0.3) is 5.91 Å². The predicted octanol–water partition coefficient (Wildman–Crippen LogP) is 2.49. The molecule has 1 aromatic carbocycles. The highest BCUT2D eigenvalue weighted by molar-refractivity contribution is 5.94. The minimum Gasteiger partial charge on any atom is -0.343 e. The van der Waals surface area contributed by atoms with Gasteiger partial charge in [0.15, 0.2) is 0 Å². The van der Waals surface area contributed by atoms with Crippen LogP contribution in [-0.4, -0.2) is 11.9 Å². The maximum absolute atomic E-state index is 11.6. The van der Waals surface area contributed by atoms with E-state index in [0.717, 1.165) is 18.4 Å². The topological polar surface area (TPSA) is 29.1 Å². The number of benzene rings is 1. The fourth-order valence-corrected chi connectivity index (χ4v) is 2.12. The number of hydrogen-bond acceptors (Lipinski definition) is 1. The molecule has 1 amide bonds. The van der Waals surface area contributed by atoms with Crippen LogP contribution in [0.5, 0.6) is 0 Å². The van der Waals surface area contributed by atoms with Crippen molar-refractivity contribution < 1.29 is 4.79 Å². The van der Waals surface area contributed by atoms with Crippen LogP contribution in [0.25, 0.3) is 0 Å². The van der Waals surface area contributed by atoms with E-state index in [0.29, 0.717) is 6.04 Å². The minimum absolute atomic E-state index is 0.152. The lowest BCUT2D eigenvalue weighted by Gasteiger charge is -2.21. The highest BCUT2D eigenvalue weighted by atomic mass is 16.1. The van der Waals surface area contributed by atoms with Crippen LogP contribution in [0.4, 0.5) is 0 Å². The monoisotopic (exact) mass is 227 g/mol. The quantitative estimate of drug-likeness (QED) is 0.734. The largest absolute Gasteiger partial charge is 0.343 e. The van der Waals surface area contributed by atoms with Crippen molar-refractivity contribution in [1.82, 2.24) is 5.32 Å². The molecule has 1 aliphatic rings. The van der Waals surface area contributed by atoms with E-state index < -0.39 is 0 Å². The first-order chi connectivity index (χ1) is 8.34. The first-order valence-corrected chi connectivity index (χ1v) is 6.22. The minimum atomic E-state index is -0.152. The molecule has 1 fully saturated rings. The molecule has 88 valence electrons. The smallest absolute Gasteiger partial charge is 0.296 e. The van der Waals surface area contributed by atoms with Gasteiger partial charge in [-0.1, -0.05) is 43.4 Å². The molecule has 1 saturated carbocycles. The van der Waals surface area contributed by atoms with Crippen LogP contribution in [0, 0.1) is 11.8 Å². The summed E-state index contributed by atoms with van der Waals surface area (Å²) in [6, 6.07) is 9.92. The van der Waals surface area contributed by atoms with Crippen molar-refractivity contribution in [3.8, 4) is 11.8 Å². The summed E-state index contributed by atoms with van der Waals surface area (Å²) in [4.78, 5) is 11.6. The first-order valence-electron chi connectivity index (χ1n) is 6.22. The standard InChI is InChI=1S/C15H17NO/c17-15(16-14-9-5-2-6-10-14)12-11-13-7-3-1-4-8-13/h1,3-4,7-8,14H,2,5-6,9-10H2,(H,16,17). The third-order valence-corrected chi connectivity index (χ3v) is 3.03. The molecule has 0 unspecified atom stereocenters. The van der Waals surface area contributed by atoms with Crippen LogP contribution < -0.4 is 5.32 Å². The van der Waals surface area contributed by atoms with Crippen molar-refractivity contribution in [2.45, 2.75) is 38.1 Å². The molecule has 0 atom stereocenters. The van der Waals surface area contributed by atoms with Gasteiger partial charge in [-0.05, 0) is 25.0 Å². The molecule has 0 radical (unpaired) electrons. The normalized spacial score (nSPS) is 15.8. The van der Waals surface area contributed by atoms with E-state index in [-0.39, 0.29) is 5.91 Å². The zero-order valence-electron chi connectivity index (χ0n) is 9.91. The van der Waals surface area contributed by atoms with Gasteiger partial charge >= 0.3 is 0 Å². The Morgan fingerprint density at radius 1 is 1.12 bits per heavy atom. The molecule has 2 heteroatoms. The molecule has 0 aliphatic heterocycles. The lowest BCUT2D eigenvalue weighted by molar-refractivity contribution is -0.116. The van der Waals surface area contributed by atoms with Gasteiger partial charge in [0.2, 0.25) is 0 Å². The van der Waals surface area contributed by atoms with E-state index >= 15 is 0 Å². The molecule has 1 aliphatic carbocycles. The highest BCUT2D eigenvalue weighted by Crippen LogP contribution is 2.17. The van der Waals surface area contributed by atoms with Crippen LogP contribution >= 0.6 is 0 Å². The maximum Gasteiger partial charge on any atom is 0.296 e. The molecule has 0 spiro atoms. The summed E-state index contributed by atoms with van der Waals surface area (Å²) < 4.78 is 0. The molecule has 2 rings (SSSR count). The van der Waals surface area contributed by atoms with E-state index in [9.17, 15) is 4.79 Å². The van der Waals surface area contributed by atoms with E-state index in [4.69, 9.17) is 0 Å². The second kappa shape index (κ2) is 6.10. The van der Waals surface area contributed by atoms with Gasteiger partial charge in [-0.2, -0.15) is 0 Å². The van der Waals surface area contributed by atoms with Gasteiger partial charge in [0.1, 0.15) is 0 Å². The van der Waals surface area contributed by atoms with Crippen molar-refractivity contribution in [2.75, 3.05) is 0 Å². The lowest BCUT2D eigenvalue weighted by atomic mass is 9.95. The summed E-state index contributed by atoms with van der Waals surface area (Å²) in [6.45, 7) is 0. The van der Waals surface area contributed by atoms with E-state index in [1.165, 1.54) is 19.3 Å². The second-order valence-corrected chi connectivity index (χ2v) is 4.42. The fourth-order valence-electron chi connectivity index (χ4n) is 2.12. The third kappa shape index (κ3) is 3.96. The number of rotatable bonds is 1. The van der Waals surface area contributed by atoms with E-state index in [1.54, 1.807) is 0 Å². The Morgan fingerprint density at radius 2 is 1.82 bits per heavy atom. The van der Waals surface area contributed by atoms with Crippen molar-refractivity contribution in [3.63, 3.8) is 0 Å². The van der Waals surface area contributed by atoms with E-state index in [1.807, 2.05) is 30.3 Å². The van der Waals surface area contributed by atoms with Crippen molar-refractivity contribution >= 4 is 5.91 Å². The predicted molar refractivity (Wildman–Crippen MR) is 68.3 cm³/mol. The lowest BCUT2D eigenvalue weighted by Crippen LogP contribution is -2.35. The zero-order chi connectivity index (χ0) is 11.9. The van der Waals surface area contributed by atoms with Crippen LogP contribution in [0.2, 0.25) is 0 Å². The van der Waals surface area contributed by atoms with Crippen LogP contribution in [0.15, 0.2) is 30.3 Å². The summed E-state index contributed by atoms with van der Waals surface area (Å²) in [5.74, 6) is 5.37. The molecule has 17 heavy (non-hydrogen) atoms. The molecule has 1 N–H and O–H groups in total. The Labute approximate surface area is 102 Å². The Kier molecular flexibility index (Phi) is 4.21. The van der Waals surface area contributed by atoms with Crippen LogP contribution in [-0.2, 0) is 4.79 Å². The average Bonchev–Trinajstić information content (AvgIpc) is 2.39. The molecule has 0 bridgehead atoms. The Balaban J connectivity index is 1.87. The molecule has 0 saturated heterocycles. The summed E-state index contributed by atoms with van der Waals surface area (Å²) in [5.41, 5.74) is 0.881. The molecular formula is C15H17NO. The third-order valence-electron chi connectivity index (χ3n) is 3.03. The summed E-state index contributed by atoms with van der Waals surface area (Å²) >= 11 is 0. The van der Waals surface area contributed by atoms with Gasteiger partial charge in [0, 0.05) is 17.5 Å². The van der Waals surface area contributed by atoms with Crippen molar-refractivity contribution in [2.24, 2.45) is 0 Å². The Morgan fingerprint density at radius 3 is 2.53 bits per heavy atom. The van der Waals surface area contributed by atoms with Gasteiger partial charge in [0.05, 0.1) is 0 Å². The number of hydrogen-bond donors (Lipinski definition) is 1. The number of amides is 1. The number of carbonyl (C=O) groups is 1. The highest BCUT2D eigenvalue weighted by Gasteiger charge is 2.14. The summed E-state index contributed by atoms with van der Waals surface area (Å²) in [5, 5.41) is 2.98. The zero-order valence-corrected chi connectivity index (χ0v) is 9.91. The van der Waals surface area contributed by atoms with Crippen molar-refractivity contribution in [3.05, 3.63) is 35.9 Å². The molecular weight excluding hydrogens is 210 g/mol. The van der Waals surface area contributed by atoms with Gasteiger partial charge in [-0.3, -0.25) is 4.79 Å². The summed E-state index contributed by atoms with van der Waals surface area (Å²) in [6.07, 6.45) is 5.92. The van der Waals surface area contributed by atoms with Crippen LogP contribution in [0.3, 0.4) is 0 Å². The first kappa shape index (κ1) is 11.7. The summed E-state index contributed by atoms with van der Waals surface area (Å²) in [7, 11) is 0. The second-order valence-electron chi connectivity index (χ2n) is 4.42. The molecule has 2 nitrogen and oxygen atoms in total. The Hall–Kier alpha value is -1.75. The van der Waals surface area contributed by atoms with Gasteiger partial charge < -0.3 is 5.32 Å². The molecule has 0 heterocycles. The fraction of sp³-hybridized carbons (Fsp3) is 0.400. The van der Waals surface area contributed by atoms with Gasteiger partial charge in [-0.15, -0.1) is 0 Å². The Bertz CT molecular complexity index is 421. The maximum atomic E-state index is 11.6. The van der Waals surface area contributed by atoms with Gasteiger partial charge in [-0.25, -0.2) is 0 Å². The van der Waals surface area contributed by atoms with Crippen molar-refractivity contribution in [1.29, 1.82) is 0 Å².